The molecule has 106 valence electrons. The Bertz CT molecular complexity index is 504. The van der Waals surface area contributed by atoms with E-state index in [-0.39, 0.29) is 5.95 Å². The third-order valence-corrected chi connectivity index (χ3v) is 3.06. The highest BCUT2D eigenvalue weighted by Crippen LogP contribution is 2.31. The van der Waals surface area contributed by atoms with Crippen molar-refractivity contribution >= 4 is 5.95 Å². The molecule has 8 nitrogen and oxygen atoms in total. The van der Waals surface area contributed by atoms with Gasteiger partial charge in [-0.25, -0.2) is 9.78 Å². The molecular formula is C11H18N4O4. The van der Waals surface area contributed by atoms with E-state index in [0.717, 1.165) is 10.9 Å². The number of hydrogen-bond acceptors (Lipinski definition) is 7. The Morgan fingerprint density at radius 1 is 1.47 bits per heavy atom. The Balaban J connectivity index is 2.24. The van der Waals surface area contributed by atoms with Crippen molar-refractivity contribution in [3.63, 3.8) is 0 Å². The lowest BCUT2D eigenvalue weighted by atomic mass is 10.0. The number of nitrogens with zero attached hydrogens (tertiary/aromatic N) is 3. The van der Waals surface area contributed by atoms with Crippen molar-refractivity contribution in [2.75, 3.05) is 5.73 Å². The predicted molar refractivity (Wildman–Crippen MR) is 66.1 cm³/mol. The van der Waals surface area contributed by atoms with Crippen LogP contribution in [0.2, 0.25) is 0 Å². The molecule has 1 fully saturated rings. The minimum absolute atomic E-state index is 0.145. The smallest absolute Gasteiger partial charge is 0.354 e. The predicted octanol–water partition coefficient (Wildman–Crippen LogP) is -1.11. The van der Waals surface area contributed by atoms with E-state index in [0.29, 0.717) is 12.3 Å². The first-order valence-electron chi connectivity index (χ1n) is 6.12. The van der Waals surface area contributed by atoms with E-state index in [9.17, 15) is 15.0 Å². The molecule has 2 heterocycles. The summed E-state index contributed by atoms with van der Waals surface area (Å²) in [6.45, 7) is 3.96. The Labute approximate surface area is 109 Å². The van der Waals surface area contributed by atoms with E-state index < -0.39 is 30.2 Å². The second-order valence-electron chi connectivity index (χ2n) is 5.08. The summed E-state index contributed by atoms with van der Waals surface area (Å²) in [5.41, 5.74) is 4.62. The molecule has 1 aromatic heterocycles. The van der Waals surface area contributed by atoms with Crippen LogP contribution in [0, 0.1) is 5.92 Å². The van der Waals surface area contributed by atoms with Crippen LogP contribution in [0.25, 0.3) is 0 Å². The van der Waals surface area contributed by atoms with Crippen LogP contribution < -0.4 is 11.4 Å². The molecular weight excluding hydrogens is 252 g/mol. The van der Waals surface area contributed by atoms with Crippen molar-refractivity contribution in [2.45, 2.75) is 44.8 Å². The number of aliphatic hydroxyl groups is 2. The van der Waals surface area contributed by atoms with Gasteiger partial charge in [0.15, 0.2) is 6.23 Å². The highest BCUT2D eigenvalue weighted by Gasteiger charge is 2.44. The molecule has 1 aliphatic rings. The fourth-order valence-electron chi connectivity index (χ4n) is 2.15. The first-order valence-corrected chi connectivity index (χ1v) is 6.12. The van der Waals surface area contributed by atoms with Gasteiger partial charge in [0, 0.05) is 0 Å². The number of ether oxygens (including phenoxy) is 1. The molecule has 4 N–H and O–H groups in total. The summed E-state index contributed by atoms with van der Waals surface area (Å²) in [4.78, 5) is 18.8. The molecule has 0 aliphatic carbocycles. The average Bonchev–Trinajstić information content (AvgIpc) is 2.57. The Morgan fingerprint density at radius 2 is 2.16 bits per heavy atom. The lowest BCUT2D eigenvalue weighted by molar-refractivity contribution is -0.0452. The summed E-state index contributed by atoms with van der Waals surface area (Å²) in [5, 5.41) is 19.9. The van der Waals surface area contributed by atoms with Crippen molar-refractivity contribution in [3.05, 3.63) is 16.8 Å². The molecule has 1 aromatic rings. The molecule has 0 bridgehead atoms. The van der Waals surface area contributed by atoms with Gasteiger partial charge in [-0.1, -0.05) is 13.8 Å². The zero-order valence-corrected chi connectivity index (χ0v) is 10.8. The molecule has 0 spiro atoms. The molecule has 1 saturated heterocycles. The molecule has 0 amide bonds. The standard InChI is InChI=1S/C11H18N4O4/c1-5(2)3-6-7(16)8(17)9(19-6)15-4-13-10(12)14-11(15)18/h4-9,16-17H,3H2,1-2H3,(H2,12,14,18)/t6-,7?,8+,9-/m1/s1. The van der Waals surface area contributed by atoms with Gasteiger partial charge in [-0.15, -0.1) is 0 Å². The van der Waals surface area contributed by atoms with E-state index in [1.165, 1.54) is 0 Å². The largest absolute Gasteiger partial charge is 0.388 e. The minimum atomic E-state index is -1.20. The number of aromatic nitrogens is 3. The summed E-state index contributed by atoms with van der Waals surface area (Å²) in [6, 6.07) is 0. The molecule has 0 aromatic carbocycles. The van der Waals surface area contributed by atoms with Gasteiger partial charge in [0.05, 0.1) is 6.10 Å². The highest BCUT2D eigenvalue weighted by molar-refractivity contribution is 5.10. The third-order valence-electron chi connectivity index (χ3n) is 3.06. The van der Waals surface area contributed by atoms with E-state index in [1.54, 1.807) is 0 Å². The zero-order chi connectivity index (χ0) is 14.2. The first kappa shape index (κ1) is 13.9. The van der Waals surface area contributed by atoms with Gasteiger partial charge < -0.3 is 20.7 Å². The topological polar surface area (TPSA) is 123 Å². The molecule has 19 heavy (non-hydrogen) atoms. The molecule has 0 radical (unpaired) electrons. The SMILES string of the molecule is CC(C)C[C@H]1O[C@@H](n2cnc(N)nc2=O)[C@@H](O)C1O. The zero-order valence-electron chi connectivity index (χ0n) is 10.8. The van der Waals surface area contributed by atoms with Gasteiger partial charge in [0.1, 0.15) is 18.5 Å². The van der Waals surface area contributed by atoms with E-state index >= 15 is 0 Å². The summed E-state index contributed by atoms with van der Waals surface area (Å²) in [5.74, 6) is 0.151. The van der Waals surface area contributed by atoms with Crippen molar-refractivity contribution < 1.29 is 14.9 Å². The molecule has 4 atom stereocenters. The minimum Gasteiger partial charge on any atom is -0.388 e. The molecule has 1 unspecified atom stereocenters. The third kappa shape index (κ3) is 2.75. The molecule has 1 aliphatic heterocycles. The van der Waals surface area contributed by atoms with Crippen LogP contribution in [0.5, 0.6) is 0 Å². The van der Waals surface area contributed by atoms with Crippen molar-refractivity contribution in [3.8, 4) is 0 Å². The van der Waals surface area contributed by atoms with Gasteiger partial charge in [-0.05, 0) is 12.3 Å². The number of anilines is 1. The lowest BCUT2D eigenvalue weighted by Crippen LogP contribution is -2.36. The first-order chi connectivity index (χ1) is 8.90. The maximum atomic E-state index is 11.7. The summed E-state index contributed by atoms with van der Waals surface area (Å²) < 4.78 is 6.58. The maximum Gasteiger partial charge on any atom is 0.354 e. The van der Waals surface area contributed by atoms with E-state index in [4.69, 9.17) is 10.5 Å². The fraction of sp³-hybridized carbons (Fsp3) is 0.727. The summed E-state index contributed by atoms with van der Waals surface area (Å²) >= 11 is 0. The van der Waals surface area contributed by atoms with Gasteiger partial charge in [0.25, 0.3) is 0 Å². The second-order valence-corrected chi connectivity index (χ2v) is 5.08. The van der Waals surface area contributed by atoms with E-state index in [1.807, 2.05) is 13.8 Å². The van der Waals surface area contributed by atoms with Gasteiger partial charge in [-0.3, -0.25) is 4.57 Å². The fourth-order valence-corrected chi connectivity index (χ4v) is 2.15. The Hall–Kier alpha value is -1.51. The maximum absolute atomic E-state index is 11.7. The van der Waals surface area contributed by atoms with Gasteiger partial charge >= 0.3 is 5.69 Å². The van der Waals surface area contributed by atoms with Crippen LogP contribution in [-0.2, 0) is 4.74 Å². The van der Waals surface area contributed by atoms with Crippen LogP contribution in [0.4, 0.5) is 5.95 Å². The monoisotopic (exact) mass is 270 g/mol. The number of rotatable bonds is 3. The number of nitrogens with two attached hydrogens (primary N) is 1. The molecule has 8 heteroatoms. The van der Waals surface area contributed by atoms with Crippen LogP contribution in [0.1, 0.15) is 26.5 Å². The van der Waals surface area contributed by atoms with E-state index in [2.05, 4.69) is 9.97 Å². The Morgan fingerprint density at radius 3 is 2.74 bits per heavy atom. The van der Waals surface area contributed by atoms with Crippen molar-refractivity contribution in [1.29, 1.82) is 0 Å². The number of aliphatic hydroxyl groups excluding tert-OH is 2. The van der Waals surface area contributed by atoms with Crippen molar-refractivity contribution in [2.24, 2.45) is 5.92 Å². The quantitative estimate of drug-likeness (QED) is 0.636. The second kappa shape index (κ2) is 5.24. The molecule has 2 rings (SSSR count). The lowest BCUT2D eigenvalue weighted by Gasteiger charge is -2.16. The van der Waals surface area contributed by atoms with Gasteiger partial charge in [0.2, 0.25) is 5.95 Å². The highest BCUT2D eigenvalue weighted by atomic mass is 16.6. The average molecular weight is 270 g/mol. The Kier molecular flexibility index (Phi) is 3.83. The van der Waals surface area contributed by atoms with Gasteiger partial charge in [-0.2, -0.15) is 4.98 Å². The van der Waals surface area contributed by atoms with Crippen molar-refractivity contribution in [1.82, 2.24) is 14.5 Å². The molecule has 0 saturated carbocycles. The van der Waals surface area contributed by atoms with Crippen LogP contribution in [-0.4, -0.2) is 43.1 Å². The summed E-state index contributed by atoms with van der Waals surface area (Å²) in [6.07, 6.45) is -2.02. The van der Waals surface area contributed by atoms with Crippen LogP contribution >= 0.6 is 0 Å². The summed E-state index contributed by atoms with van der Waals surface area (Å²) in [7, 11) is 0. The number of hydrogen-bond donors (Lipinski definition) is 3. The van der Waals surface area contributed by atoms with Crippen LogP contribution in [0.3, 0.4) is 0 Å². The normalized spacial score (nSPS) is 31.0. The van der Waals surface area contributed by atoms with Crippen LogP contribution in [0.15, 0.2) is 11.1 Å². The number of nitrogen functional groups attached to an aromatic ring is 1.